The van der Waals surface area contributed by atoms with E-state index in [0.29, 0.717) is 17.3 Å². The molecule has 0 heterocycles. The molecule has 0 amide bonds. The maximum atomic E-state index is 7.02. The molecule has 0 aromatic heterocycles. The molecule has 3 rings (SSSR count). The third-order valence-electron chi connectivity index (χ3n) is 5.58. The number of benzene rings is 2. The summed E-state index contributed by atoms with van der Waals surface area (Å²) in [5, 5.41) is 10.8. The van der Waals surface area contributed by atoms with Crippen LogP contribution in [0, 0.1) is 10.8 Å². The molecule has 0 atom stereocenters. The van der Waals surface area contributed by atoms with E-state index in [0.717, 1.165) is 24.0 Å². The fraction of sp³-hybridized carbons (Fsp3) is 0.391. The van der Waals surface area contributed by atoms with E-state index >= 15 is 0 Å². The number of hydrogen-bond acceptors (Lipinski definition) is 2. The highest BCUT2D eigenvalue weighted by Crippen LogP contribution is 2.35. The molecule has 1 aliphatic rings. The summed E-state index contributed by atoms with van der Waals surface area (Å²) in [4.78, 5) is 3.82. The predicted octanol–water partition coefficient (Wildman–Crippen LogP) is 4.72. The lowest BCUT2D eigenvalue weighted by molar-refractivity contribution is 0.206. The van der Waals surface area contributed by atoms with Crippen molar-refractivity contribution in [1.29, 1.82) is 5.41 Å². The van der Waals surface area contributed by atoms with Gasteiger partial charge in [0.1, 0.15) is 12.2 Å². The second-order valence-electron chi connectivity index (χ2n) is 8.24. The lowest BCUT2D eigenvalue weighted by atomic mass is 9.75. The molecule has 2 aromatic carbocycles. The van der Waals surface area contributed by atoms with Gasteiger partial charge in [-0.1, -0.05) is 56.3 Å². The van der Waals surface area contributed by atoms with Crippen LogP contribution in [-0.4, -0.2) is 18.2 Å². The van der Waals surface area contributed by atoms with E-state index in [2.05, 4.69) is 60.6 Å². The van der Waals surface area contributed by atoms with E-state index in [-0.39, 0.29) is 0 Å². The Kier molecular flexibility index (Phi) is 6.07. The zero-order chi connectivity index (χ0) is 19.3. The first-order valence-electron chi connectivity index (χ1n) is 9.72. The number of amidine groups is 1. The van der Waals surface area contributed by atoms with Gasteiger partial charge in [0.25, 0.3) is 0 Å². The first kappa shape index (κ1) is 19.3. The molecular weight excluding hydrogens is 332 g/mol. The monoisotopic (exact) mass is 362 g/mol. The summed E-state index contributed by atoms with van der Waals surface area (Å²) in [5.41, 5.74) is 10.8. The van der Waals surface area contributed by atoms with Crippen molar-refractivity contribution < 1.29 is 0 Å². The van der Waals surface area contributed by atoms with Crippen molar-refractivity contribution in [2.24, 2.45) is 16.1 Å². The van der Waals surface area contributed by atoms with Gasteiger partial charge in [0.15, 0.2) is 0 Å². The molecule has 4 nitrogen and oxygen atoms in total. The van der Waals surface area contributed by atoms with Crippen LogP contribution in [-0.2, 0) is 6.54 Å². The Hall–Kier alpha value is -2.46. The smallest absolute Gasteiger partial charge is 0.132 e. The molecule has 1 aliphatic carbocycles. The van der Waals surface area contributed by atoms with E-state index < -0.39 is 0 Å². The summed E-state index contributed by atoms with van der Waals surface area (Å²) in [6.45, 7) is 5.67. The summed E-state index contributed by atoms with van der Waals surface area (Å²) in [5.74, 6) is 0.366. The standard InChI is InChI=1S/C23H30N4/c1-23(2)12-10-21(11-13-23)26-15-17-4-3-5-20(14-17)18-6-8-19(9-7-18)22(25)27-16-24/h3-9,14,16,21,26H,10-13,15H2,1-2H3,(H3,24,25,27). The molecule has 0 bridgehead atoms. The largest absolute Gasteiger partial charge is 0.383 e. The fourth-order valence-electron chi connectivity index (χ4n) is 3.70. The molecule has 4 N–H and O–H groups in total. The van der Waals surface area contributed by atoms with Gasteiger partial charge in [-0.2, -0.15) is 0 Å². The van der Waals surface area contributed by atoms with Crippen LogP contribution in [0.1, 0.15) is 50.7 Å². The molecule has 2 aromatic rings. The summed E-state index contributed by atoms with van der Waals surface area (Å²) >= 11 is 0. The van der Waals surface area contributed by atoms with Gasteiger partial charge < -0.3 is 11.1 Å². The van der Waals surface area contributed by atoms with Crippen LogP contribution >= 0.6 is 0 Å². The molecule has 142 valence electrons. The van der Waals surface area contributed by atoms with Crippen LogP contribution in [0.3, 0.4) is 0 Å². The first-order valence-corrected chi connectivity index (χ1v) is 9.72. The van der Waals surface area contributed by atoms with Gasteiger partial charge in [-0.25, -0.2) is 4.99 Å². The number of nitrogens with two attached hydrogens (primary N) is 1. The summed E-state index contributed by atoms with van der Waals surface area (Å²) in [6, 6.07) is 17.3. The zero-order valence-corrected chi connectivity index (χ0v) is 16.3. The first-order chi connectivity index (χ1) is 13.0. The Bertz CT molecular complexity index is 795. The van der Waals surface area contributed by atoms with Crippen molar-refractivity contribution in [1.82, 2.24) is 5.32 Å². The highest BCUT2D eigenvalue weighted by Gasteiger charge is 2.26. The second-order valence-corrected chi connectivity index (χ2v) is 8.24. The van der Waals surface area contributed by atoms with Gasteiger partial charge in [-0.05, 0) is 53.9 Å². The minimum absolute atomic E-state index is 0.366. The quantitative estimate of drug-likeness (QED) is 0.513. The van der Waals surface area contributed by atoms with Gasteiger partial charge in [-0.15, -0.1) is 0 Å². The van der Waals surface area contributed by atoms with Crippen molar-refractivity contribution in [3.63, 3.8) is 0 Å². The fourth-order valence-corrected chi connectivity index (χ4v) is 3.70. The van der Waals surface area contributed by atoms with Gasteiger partial charge in [-0.3, -0.25) is 5.41 Å². The van der Waals surface area contributed by atoms with Gasteiger partial charge in [0.05, 0.1) is 0 Å². The molecule has 4 heteroatoms. The molecule has 0 aliphatic heterocycles. The Balaban J connectivity index is 1.63. The minimum Gasteiger partial charge on any atom is -0.383 e. The van der Waals surface area contributed by atoms with Crippen molar-refractivity contribution in [3.8, 4) is 11.1 Å². The van der Waals surface area contributed by atoms with Crippen LogP contribution in [0.2, 0.25) is 0 Å². The second kappa shape index (κ2) is 8.49. The number of hydrogen-bond donors (Lipinski definition) is 3. The Labute approximate surface area is 162 Å². The number of nitrogens with zero attached hydrogens (tertiary/aromatic N) is 1. The molecule has 1 saturated carbocycles. The highest BCUT2D eigenvalue weighted by molar-refractivity contribution is 6.01. The Morgan fingerprint density at radius 1 is 1.15 bits per heavy atom. The van der Waals surface area contributed by atoms with Gasteiger partial charge in [0.2, 0.25) is 0 Å². The molecular formula is C23H30N4. The molecule has 0 radical (unpaired) electrons. The minimum atomic E-state index is 0.366. The van der Waals surface area contributed by atoms with E-state index in [9.17, 15) is 0 Å². The van der Waals surface area contributed by atoms with Crippen LogP contribution in [0.4, 0.5) is 0 Å². The average Bonchev–Trinajstić information content (AvgIpc) is 2.68. The molecule has 27 heavy (non-hydrogen) atoms. The van der Waals surface area contributed by atoms with Crippen molar-refractivity contribution in [3.05, 3.63) is 59.7 Å². The van der Waals surface area contributed by atoms with E-state index in [1.807, 2.05) is 12.1 Å². The van der Waals surface area contributed by atoms with E-state index in [1.54, 1.807) is 0 Å². The Morgan fingerprint density at radius 3 is 2.52 bits per heavy atom. The lowest BCUT2D eigenvalue weighted by Gasteiger charge is -2.34. The maximum absolute atomic E-state index is 7.02. The maximum Gasteiger partial charge on any atom is 0.132 e. The van der Waals surface area contributed by atoms with Crippen LogP contribution in [0.15, 0.2) is 53.5 Å². The van der Waals surface area contributed by atoms with Crippen molar-refractivity contribution >= 4 is 12.2 Å². The molecule has 1 fully saturated rings. The number of rotatable bonds is 6. The summed E-state index contributed by atoms with van der Waals surface area (Å²) in [7, 11) is 0. The topological polar surface area (TPSA) is 74.3 Å². The SMILES string of the molecule is CC1(C)CCC(NCc2cccc(-c3ccc(C(N)=NC=N)cc3)c2)CC1. The van der Waals surface area contributed by atoms with Gasteiger partial charge in [0, 0.05) is 18.2 Å². The van der Waals surface area contributed by atoms with E-state index in [1.165, 1.54) is 36.8 Å². The van der Waals surface area contributed by atoms with Crippen LogP contribution < -0.4 is 11.1 Å². The van der Waals surface area contributed by atoms with Crippen LogP contribution in [0.5, 0.6) is 0 Å². The highest BCUT2D eigenvalue weighted by atomic mass is 14.9. The van der Waals surface area contributed by atoms with Crippen molar-refractivity contribution in [2.75, 3.05) is 0 Å². The summed E-state index contributed by atoms with van der Waals surface area (Å²) < 4.78 is 0. The third-order valence-corrected chi connectivity index (χ3v) is 5.58. The average molecular weight is 363 g/mol. The van der Waals surface area contributed by atoms with Crippen LogP contribution in [0.25, 0.3) is 11.1 Å². The zero-order valence-electron chi connectivity index (χ0n) is 16.3. The normalized spacial score (nSPS) is 17.6. The predicted molar refractivity (Wildman–Crippen MR) is 114 cm³/mol. The third kappa shape index (κ3) is 5.27. The number of nitrogens with one attached hydrogen (secondary N) is 2. The molecule has 0 spiro atoms. The Morgan fingerprint density at radius 2 is 1.85 bits per heavy atom. The number of aliphatic imine (C=N–C) groups is 1. The lowest BCUT2D eigenvalue weighted by Crippen LogP contribution is -2.35. The summed E-state index contributed by atoms with van der Waals surface area (Å²) in [6.07, 6.45) is 6.12. The van der Waals surface area contributed by atoms with Crippen molar-refractivity contribution in [2.45, 2.75) is 52.1 Å². The van der Waals surface area contributed by atoms with Gasteiger partial charge >= 0.3 is 0 Å². The molecule has 0 saturated heterocycles. The molecule has 0 unspecified atom stereocenters. The van der Waals surface area contributed by atoms with E-state index in [4.69, 9.17) is 11.1 Å².